The Bertz CT molecular complexity index is 563. The summed E-state index contributed by atoms with van der Waals surface area (Å²) in [4.78, 5) is 0. The van der Waals surface area contributed by atoms with Gasteiger partial charge in [-0.3, -0.25) is 5.10 Å². The van der Waals surface area contributed by atoms with Gasteiger partial charge in [0.25, 0.3) is 0 Å². The Morgan fingerprint density at radius 3 is 2.78 bits per heavy atom. The zero-order chi connectivity index (χ0) is 13.3. The van der Waals surface area contributed by atoms with Crippen molar-refractivity contribution in [2.24, 2.45) is 5.92 Å². The summed E-state index contributed by atoms with van der Waals surface area (Å²) in [5, 5.41) is 7.81. The third-order valence-electron chi connectivity index (χ3n) is 2.71. The van der Waals surface area contributed by atoms with Gasteiger partial charge in [-0.15, -0.1) is 0 Å². The molecule has 0 aliphatic carbocycles. The van der Waals surface area contributed by atoms with Crippen LogP contribution in [0, 0.1) is 5.92 Å². The van der Waals surface area contributed by atoms with Crippen molar-refractivity contribution >= 4 is 33.3 Å². The van der Waals surface area contributed by atoms with Gasteiger partial charge in [-0.1, -0.05) is 47.4 Å². The maximum absolute atomic E-state index is 5.95. The first-order valence-corrected chi connectivity index (χ1v) is 6.94. The van der Waals surface area contributed by atoms with Crippen molar-refractivity contribution in [3.05, 3.63) is 33.3 Å². The SMILES string of the molecule is CC(C)Cc1c(N)n[nH]c1-c1ccc(Cl)cc1Br. The average molecular weight is 329 g/mol. The minimum Gasteiger partial charge on any atom is -0.382 e. The van der Waals surface area contributed by atoms with Crippen LogP contribution in [0.4, 0.5) is 5.82 Å². The first kappa shape index (κ1) is 13.4. The molecule has 3 N–H and O–H groups in total. The molecule has 0 aliphatic rings. The van der Waals surface area contributed by atoms with Crippen LogP contribution in [0.1, 0.15) is 19.4 Å². The van der Waals surface area contributed by atoms with Crippen LogP contribution in [-0.2, 0) is 6.42 Å². The molecule has 96 valence electrons. The predicted molar refractivity (Wildman–Crippen MR) is 79.7 cm³/mol. The number of H-pyrrole nitrogens is 1. The van der Waals surface area contributed by atoms with E-state index in [1.54, 1.807) is 0 Å². The molecule has 0 atom stereocenters. The molecule has 0 aliphatic heterocycles. The third-order valence-corrected chi connectivity index (χ3v) is 3.60. The van der Waals surface area contributed by atoms with Crippen LogP contribution in [0.15, 0.2) is 22.7 Å². The van der Waals surface area contributed by atoms with E-state index >= 15 is 0 Å². The molecule has 0 amide bonds. The second-order valence-electron chi connectivity index (χ2n) is 4.68. The van der Waals surface area contributed by atoms with Crippen molar-refractivity contribution in [2.75, 3.05) is 5.73 Å². The number of nitrogen functional groups attached to an aromatic ring is 1. The molecule has 0 unspecified atom stereocenters. The molecule has 5 heteroatoms. The molecule has 18 heavy (non-hydrogen) atoms. The van der Waals surface area contributed by atoms with E-state index in [1.165, 1.54) is 0 Å². The monoisotopic (exact) mass is 327 g/mol. The van der Waals surface area contributed by atoms with Gasteiger partial charge in [0.1, 0.15) is 5.82 Å². The third kappa shape index (κ3) is 2.70. The fourth-order valence-corrected chi connectivity index (χ4v) is 2.79. The van der Waals surface area contributed by atoms with E-state index in [9.17, 15) is 0 Å². The quantitative estimate of drug-likeness (QED) is 0.884. The molecule has 0 bridgehead atoms. The van der Waals surface area contributed by atoms with Crippen molar-refractivity contribution in [2.45, 2.75) is 20.3 Å². The average Bonchev–Trinajstić information content (AvgIpc) is 2.60. The van der Waals surface area contributed by atoms with E-state index in [0.717, 1.165) is 27.7 Å². The number of aromatic amines is 1. The van der Waals surface area contributed by atoms with E-state index in [-0.39, 0.29) is 0 Å². The van der Waals surface area contributed by atoms with Crippen molar-refractivity contribution in [3.8, 4) is 11.3 Å². The summed E-state index contributed by atoms with van der Waals surface area (Å²) in [6.07, 6.45) is 0.896. The fraction of sp³-hybridized carbons (Fsp3) is 0.308. The molecule has 0 saturated carbocycles. The second-order valence-corrected chi connectivity index (χ2v) is 5.98. The summed E-state index contributed by atoms with van der Waals surface area (Å²) >= 11 is 9.47. The molecule has 1 aromatic carbocycles. The number of aromatic nitrogens is 2. The van der Waals surface area contributed by atoms with Crippen LogP contribution >= 0.6 is 27.5 Å². The van der Waals surface area contributed by atoms with Gasteiger partial charge in [-0.25, -0.2) is 0 Å². The first-order chi connectivity index (χ1) is 8.49. The summed E-state index contributed by atoms with van der Waals surface area (Å²) in [5.74, 6) is 1.09. The van der Waals surface area contributed by atoms with Gasteiger partial charge in [0.15, 0.2) is 0 Å². The number of nitrogens with one attached hydrogen (secondary N) is 1. The van der Waals surface area contributed by atoms with Crippen molar-refractivity contribution in [1.29, 1.82) is 0 Å². The van der Waals surface area contributed by atoms with E-state index in [1.807, 2.05) is 18.2 Å². The largest absolute Gasteiger partial charge is 0.382 e. The zero-order valence-corrected chi connectivity index (χ0v) is 12.6. The van der Waals surface area contributed by atoms with E-state index in [4.69, 9.17) is 17.3 Å². The van der Waals surface area contributed by atoms with Crippen molar-refractivity contribution in [3.63, 3.8) is 0 Å². The summed E-state index contributed by atoms with van der Waals surface area (Å²) < 4.78 is 0.934. The Morgan fingerprint density at radius 2 is 2.17 bits per heavy atom. The molecule has 1 aromatic heterocycles. The molecule has 0 saturated heterocycles. The molecule has 0 fully saturated rings. The standard InChI is InChI=1S/C13H15BrClN3/c1-7(2)5-10-12(17-18-13(10)16)9-4-3-8(15)6-11(9)14/h3-4,6-7H,5H2,1-2H3,(H3,16,17,18). The fourth-order valence-electron chi connectivity index (χ4n) is 1.91. The topological polar surface area (TPSA) is 54.7 Å². The molecular weight excluding hydrogens is 314 g/mol. The van der Waals surface area contributed by atoms with Gasteiger partial charge < -0.3 is 5.73 Å². The number of nitrogens with two attached hydrogens (primary N) is 1. The van der Waals surface area contributed by atoms with Crippen LogP contribution in [0.3, 0.4) is 0 Å². The van der Waals surface area contributed by atoms with Gasteiger partial charge >= 0.3 is 0 Å². The minimum absolute atomic E-state index is 0.523. The highest BCUT2D eigenvalue weighted by atomic mass is 79.9. The van der Waals surface area contributed by atoms with Crippen molar-refractivity contribution < 1.29 is 0 Å². The Kier molecular flexibility index (Phi) is 3.97. The zero-order valence-electron chi connectivity index (χ0n) is 10.3. The van der Waals surface area contributed by atoms with Gasteiger partial charge in [0, 0.05) is 20.6 Å². The molecule has 2 aromatic rings. The van der Waals surface area contributed by atoms with E-state index in [2.05, 4.69) is 40.0 Å². The molecule has 0 radical (unpaired) electrons. The number of nitrogens with zero attached hydrogens (tertiary/aromatic N) is 1. The molecular formula is C13H15BrClN3. The number of halogens is 2. The summed E-state index contributed by atoms with van der Waals surface area (Å²) in [5.41, 5.74) is 8.98. The highest BCUT2D eigenvalue weighted by Gasteiger charge is 2.16. The summed E-state index contributed by atoms with van der Waals surface area (Å²) in [6.45, 7) is 4.32. The Labute approximate surface area is 120 Å². The highest BCUT2D eigenvalue weighted by molar-refractivity contribution is 9.10. The summed E-state index contributed by atoms with van der Waals surface area (Å²) in [7, 11) is 0. The Hall–Kier alpha value is -1.000. The van der Waals surface area contributed by atoms with Crippen LogP contribution in [-0.4, -0.2) is 10.2 Å². The first-order valence-electron chi connectivity index (χ1n) is 5.77. The smallest absolute Gasteiger partial charge is 0.149 e. The van der Waals surface area contributed by atoms with Gasteiger partial charge in [-0.05, 0) is 24.5 Å². The highest BCUT2D eigenvalue weighted by Crippen LogP contribution is 2.34. The number of benzene rings is 1. The number of hydrogen-bond acceptors (Lipinski definition) is 2. The number of rotatable bonds is 3. The summed E-state index contributed by atoms with van der Waals surface area (Å²) in [6, 6.07) is 5.69. The minimum atomic E-state index is 0.523. The van der Waals surface area contributed by atoms with Crippen LogP contribution < -0.4 is 5.73 Å². The lowest BCUT2D eigenvalue weighted by Crippen LogP contribution is -1.99. The van der Waals surface area contributed by atoms with Gasteiger partial charge in [-0.2, -0.15) is 5.10 Å². The maximum Gasteiger partial charge on any atom is 0.149 e. The van der Waals surface area contributed by atoms with E-state index in [0.29, 0.717) is 16.8 Å². The lowest BCUT2D eigenvalue weighted by Gasteiger charge is -2.08. The predicted octanol–water partition coefficient (Wildman–Crippen LogP) is 4.27. The van der Waals surface area contributed by atoms with Crippen molar-refractivity contribution in [1.82, 2.24) is 10.2 Å². The Balaban J connectivity index is 2.50. The molecule has 1 heterocycles. The molecule has 2 rings (SSSR count). The van der Waals surface area contributed by atoms with E-state index < -0.39 is 0 Å². The van der Waals surface area contributed by atoms with Gasteiger partial charge in [0.05, 0.1) is 5.69 Å². The lowest BCUT2D eigenvalue weighted by molar-refractivity contribution is 0.649. The maximum atomic E-state index is 5.95. The molecule has 0 spiro atoms. The normalized spacial score (nSPS) is 11.2. The Morgan fingerprint density at radius 1 is 1.44 bits per heavy atom. The second kappa shape index (κ2) is 5.33. The van der Waals surface area contributed by atoms with Gasteiger partial charge in [0.2, 0.25) is 0 Å². The van der Waals surface area contributed by atoms with Crippen LogP contribution in [0.25, 0.3) is 11.3 Å². The number of hydrogen-bond donors (Lipinski definition) is 2. The number of anilines is 1. The van der Waals surface area contributed by atoms with Crippen LogP contribution in [0.2, 0.25) is 5.02 Å². The van der Waals surface area contributed by atoms with Crippen LogP contribution in [0.5, 0.6) is 0 Å². The lowest BCUT2D eigenvalue weighted by atomic mass is 9.99. The molecule has 3 nitrogen and oxygen atoms in total.